The molecule has 0 spiro atoms. The molecule has 3 aromatic rings. The summed E-state index contributed by atoms with van der Waals surface area (Å²) in [4.78, 5) is 30.3. The molecule has 1 fully saturated rings. The van der Waals surface area contributed by atoms with Crippen LogP contribution in [0.1, 0.15) is 29.2 Å². The molecule has 3 aliphatic heterocycles. The highest BCUT2D eigenvalue weighted by molar-refractivity contribution is 6.37. The first-order valence-corrected chi connectivity index (χ1v) is 12.3. The van der Waals surface area contributed by atoms with Crippen LogP contribution in [0.4, 0.5) is 5.69 Å². The predicted octanol–water partition coefficient (Wildman–Crippen LogP) is 4.47. The Morgan fingerprint density at radius 3 is 2.74 bits per heavy atom. The number of rotatable bonds is 4. The van der Waals surface area contributed by atoms with Gasteiger partial charge in [0.05, 0.1) is 19.5 Å². The van der Waals surface area contributed by atoms with Crippen molar-refractivity contribution in [2.45, 2.75) is 18.9 Å². The van der Waals surface area contributed by atoms with Gasteiger partial charge in [-0.15, -0.1) is 0 Å². The van der Waals surface area contributed by atoms with E-state index in [0.29, 0.717) is 23.2 Å². The fourth-order valence-corrected chi connectivity index (χ4v) is 6.02. The summed E-state index contributed by atoms with van der Waals surface area (Å²) in [6, 6.07) is 18.9. The Morgan fingerprint density at radius 2 is 1.89 bits per heavy atom. The average Bonchev–Trinajstić information content (AvgIpc) is 3.10. The lowest BCUT2D eigenvalue weighted by molar-refractivity contribution is -0.113. The molecule has 0 aliphatic carbocycles. The van der Waals surface area contributed by atoms with E-state index < -0.39 is 0 Å². The second-order valence-corrected chi connectivity index (χ2v) is 10.0. The Bertz CT molecular complexity index is 1410. The van der Waals surface area contributed by atoms with Crippen LogP contribution >= 0.6 is 11.6 Å². The molecular weight excluding hydrogens is 462 g/mol. The van der Waals surface area contributed by atoms with E-state index in [1.54, 1.807) is 13.2 Å². The summed E-state index contributed by atoms with van der Waals surface area (Å²) in [5.41, 5.74) is 4.38. The summed E-state index contributed by atoms with van der Waals surface area (Å²) >= 11 is 6.36. The molecule has 2 aromatic carbocycles. The van der Waals surface area contributed by atoms with Gasteiger partial charge in [0.25, 0.3) is 11.5 Å². The zero-order valence-electron chi connectivity index (χ0n) is 19.5. The number of halogens is 1. The maximum atomic E-state index is 13.7. The molecule has 6 nitrogen and oxygen atoms in total. The second-order valence-electron chi connectivity index (χ2n) is 9.57. The van der Waals surface area contributed by atoms with Crippen molar-refractivity contribution in [1.82, 2.24) is 9.47 Å². The zero-order chi connectivity index (χ0) is 24.1. The maximum absolute atomic E-state index is 13.7. The number of likely N-dealkylation sites (tertiary alicyclic amines) is 1. The lowest BCUT2D eigenvalue weighted by atomic mass is 9.83. The van der Waals surface area contributed by atoms with Crippen LogP contribution in [0.3, 0.4) is 0 Å². The Morgan fingerprint density at radius 1 is 1.03 bits per heavy atom. The van der Waals surface area contributed by atoms with Gasteiger partial charge < -0.3 is 9.30 Å². The van der Waals surface area contributed by atoms with E-state index in [9.17, 15) is 9.59 Å². The van der Waals surface area contributed by atoms with Crippen molar-refractivity contribution in [3.63, 3.8) is 0 Å². The fourth-order valence-electron chi connectivity index (χ4n) is 5.86. The summed E-state index contributed by atoms with van der Waals surface area (Å²) in [5.74, 6) is 1.36. The van der Waals surface area contributed by atoms with E-state index in [1.807, 2.05) is 64.1 Å². The number of benzene rings is 2. The number of hydrogen-bond donors (Lipinski definition) is 0. The molecule has 1 saturated heterocycles. The third kappa shape index (κ3) is 3.87. The van der Waals surface area contributed by atoms with Crippen molar-refractivity contribution in [3.8, 4) is 5.75 Å². The van der Waals surface area contributed by atoms with E-state index in [1.165, 1.54) is 0 Å². The molecule has 2 bridgehead atoms. The number of nitrogens with zero attached hydrogens (tertiary/aromatic N) is 3. The number of fused-ring (bicyclic) bond motifs is 5. The molecule has 178 valence electrons. The Hall–Kier alpha value is -3.35. The molecule has 2 atom stereocenters. The van der Waals surface area contributed by atoms with Gasteiger partial charge in [0.15, 0.2) is 0 Å². The van der Waals surface area contributed by atoms with Crippen LogP contribution in [0, 0.1) is 5.92 Å². The monoisotopic (exact) mass is 487 g/mol. The lowest BCUT2D eigenvalue weighted by Crippen LogP contribution is -2.50. The Kier molecular flexibility index (Phi) is 5.50. The first-order chi connectivity index (χ1) is 17.0. The van der Waals surface area contributed by atoms with Crippen LogP contribution in [0.15, 0.2) is 65.5 Å². The average molecular weight is 488 g/mol. The summed E-state index contributed by atoms with van der Waals surface area (Å²) in [6.45, 7) is 2.88. The number of aromatic nitrogens is 1. The number of pyridine rings is 1. The highest BCUT2D eigenvalue weighted by Gasteiger charge is 2.38. The number of amides is 1. The number of anilines is 1. The Balaban J connectivity index is 1.32. The van der Waals surface area contributed by atoms with Crippen LogP contribution in [-0.4, -0.2) is 42.2 Å². The van der Waals surface area contributed by atoms with Gasteiger partial charge in [0.2, 0.25) is 0 Å². The van der Waals surface area contributed by atoms with E-state index in [0.717, 1.165) is 54.3 Å². The van der Waals surface area contributed by atoms with Crippen molar-refractivity contribution in [3.05, 3.63) is 92.9 Å². The topological polar surface area (TPSA) is 54.8 Å². The van der Waals surface area contributed by atoms with Gasteiger partial charge in [0.1, 0.15) is 5.75 Å². The van der Waals surface area contributed by atoms with Crippen molar-refractivity contribution < 1.29 is 9.53 Å². The third-order valence-corrected chi connectivity index (χ3v) is 7.59. The van der Waals surface area contributed by atoms with E-state index in [4.69, 9.17) is 16.3 Å². The van der Waals surface area contributed by atoms with Gasteiger partial charge in [-0.1, -0.05) is 41.9 Å². The van der Waals surface area contributed by atoms with Crippen molar-refractivity contribution in [1.29, 1.82) is 0 Å². The van der Waals surface area contributed by atoms with Crippen LogP contribution in [0.25, 0.3) is 11.6 Å². The van der Waals surface area contributed by atoms with Gasteiger partial charge in [-0.25, -0.2) is 0 Å². The van der Waals surface area contributed by atoms with Crippen LogP contribution in [-0.2, 0) is 11.3 Å². The molecule has 1 amide bonds. The van der Waals surface area contributed by atoms with Crippen LogP contribution in [0.5, 0.6) is 5.75 Å². The molecule has 6 rings (SSSR count). The molecule has 1 aromatic heterocycles. The second kappa shape index (κ2) is 8.70. The van der Waals surface area contributed by atoms with E-state index in [-0.39, 0.29) is 17.4 Å². The van der Waals surface area contributed by atoms with E-state index in [2.05, 4.69) is 11.0 Å². The number of hydrogen-bond acceptors (Lipinski definition) is 4. The number of carbonyl (C=O) groups is 1. The van der Waals surface area contributed by atoms with Crippen LogP contribution in [0.2, 0.25) is 5.02 Å². The first-order valence-electron chi connectivity index (χ1n) is 11.9. The van der Waals surface area contributed by atoms with Crippen molar-refractivity contribution in [2.75, 3.05) is 31.8 Å². The number of carbonyl (C=O) groups excluding carboxylic acids is 1. The molecule has 0 radical (unpaired) electrons. The molecular formula is C28H26ClN3O3. The fraction of sp³-hybridized carbons (Fsp3) is 0.286. The minimum absolute atomic E-state index is 0.0412. The largest absolute Gasteiger partial charge is 0.496 e. The van der Waals surface area contributed by atoms with Crippen LogP contribution < -0.4 is 15.2 Å². The van der Waals surface area contributed by atoms with Gasteiger partial charge in [0, 0.05) is 59.0 Å². The molecule has 3 aliphatic rings. The Labute approximate surface area is 209 Å². The zero-order valence-corrected chi connectivity index (χ0v) is 20.2. The van der Waals surface area contributed by atoms with Gasteiger partial charge in [-0.3, -0.25) is 19.4 Å². The maximum Gasteiger partial charge on any atom is 0.260 e. The molecule has 7 heteroatoms. The number of para-hydroxylation sites is 1. The third-order valence-electron chi connectivity index (χ3n) is 7.35. The quantitative estimate of drug-likeness (QED) is 0.509. The SMILES string of the molecule is COc1ccccc1/C=C1\C(=O)N(CN2C[C@@H]3C[C@H](C2)c2cccc(=O)n2C3)c2cc(Cl)ccc21. The highest BCUT2D eigenvalue weighted by atomic mass is 35.5. The molecule has 0 saturated carbocycles. The predicted molar refractivity (Wildman–Crippen MR) is 138 cm³/mol. The standard InChI is InChI=1S/C28H26ClN3O3/c1-35-26-7-3-2-5-19(26)12-23-22-10-9-21(29)13-25(22)32(28(23)34)17-30-14-18-11-20(16-30)24-6-4-8-27(33)31(24)15-18/h2-10,12-13,18,20H,11,14-17H2,1H3/b23-12-/t18-,20+/m0/s1. The minimum atomic E-state index is -0.0412. The van der Waals surface area contributed by atoms with E-state index >= 15 is 0 Å². The molecule has 35 heavy (non-hydrogen) atoms. The number of piperidine rings is 1. The van der Waals surface area contributed by atoms with Gasteiger partial charge in [-0.2, -0.15) is 0 Å². The summed E-state index contributed by atoms with van der Waals surface area (Å²) < 4.78 is 7.43. The number of ether oxygens (including phenoxy) is 1. The minimum Gasteiger partial charge on any atom is -0.496 e. The van der Waals surface area contributed by atoms with Gasteiger partial charge in [-0.05, 0) is 42.7 Å². The molecule has 4 heterocycles. The van der Waals surface area contributed by atoms with Crippen molar-refractivity contribution >= 4 is 34.8 Å². The summed E-state index contributed by atoms with van der Waals surface area (Å²) in [6.07, 6.45) is 2.98. The highest BCUT2D eigenvalue weighted by Crippen LogP contribution is 2.41. The molecule has 0 unspecified atom stereocenters. The molecule has 0 N–H and O–H groups in total. The first kappa shape index (κ1) is 22.1. The number of methoxy groups -OCH3 is 1. The summed E-state index contributed by atoms with van der Waals surface area (Å²) in [7, 11) is 1.63. The lowest BCUT2D eigenvalue weighted by Gasteiger charge is -2.43. The van der Waals surface area contributed by atoms with Gasteiger partial charge >= 0.3 is 0 Å². The summed E-state index contributed by atoms with van der Waals surface area (Å²) in [5, 5.41) is 0.601. The smallest absolute Gasteiger partial charge is 0.260 e. The van der Waals surface area contributed by atoms with Crippen molar-refractivity contribution in [2.24, 2.45) is 5.92 Å². The normalized spacial score (nSPS) is 22.3.